The molecule has 0 aliphatic heterocycles. The van der Waals surface area contributed by atoms with E-state index in [1.165, 1.54) is 16.9 Å². The Morgan fingerprint density at radius 2 is 1.80 bits per heavy atom. The van der Waals surface area contributed by atoms with Gasteiger partial charge in [-0.3, -0.25) is 4.79 Å². The Balaban J connectivity index is 1.72. The van der Waals surface area contributed by atoms with Crippen molar-refractivity contribution in [1.29, 1.82) is 0 Å². The highest BCUT2D eigenvalue weighted by Crippen LogP contribution is 2.27. The van der Waals surface area contributed by atoms with Crippen LogP contribution < -0.4 is 5.32 Å². The summed E-state index contributed by atoms with van der Waals surface area (Å²) < 4.78 is 0. The number of aryl methyl sites for hydroxylation is 1. The number of anilines is 1. The number of benzene rings is 2. The van der Waals surface area contributed by atoms with Crippen LogP contribution in [0.2, 0.25) is 0 Å². The molecule has 0 aliphatic carbocycles. The number of hydrogen-bond acceptors (Lipinski definition) is 3. The van der Waals surface area contributed by atoms with Crippen molar-refractivity contribution in [2.24, 2.45) is 0 Å². The van der Waals surface area contributed by atoms with Crippen LogP contribution in [0.4, 0.5) is 5.13 Å². The largest absolute Gasteiger partial charge is 0.301 e. The molecule has 3 rings (SSSR count). The second-order valence-corrected chi connectivity index (χ2v) is 6.81. The van der Waals surface area contributed by atoms with E-state index >= 15 is 0 Å². The molecule has 0 radical (unpaired) electrons. The van der Waals surface area contributed by atoms with Crippen LogP contribution >= 0.6 is 11.3 Å². The average molecular weight is 350 g/mol. The minimum atomic E-state index is -0.155. The van der Waals surface area contributed by atoms with Crippen molar-refractivity contribution < 1.29 is 4.79 Å². The van der Waals surface area contributed by atoms with Gasteiger partial charge in [0, 0.05) is 10.9 Å². The standard InChI is InChI=1S/C21H22N2OS/c1-3-15-10-12-17(13-11-15)19-14-25-21(22-19)23-20(24)18(4-2)16-8-6-5-7-9-16/h5-14,18H,3-4H2,1-2H3,(H,22,23,24)/t18-/m1/s1. The fraction of sp³-hybridized carbons (Fsp3) is 0.238. The van der Waals surface area contributed by atoms with E-state index < -0.39 is 0 Å². The molecule has 3 aromatic rings. The number of carbonyl (C=O) groups excluding carboxylic acids is 1. The van der Waals surface area contributed by atoms with E-state index in [1.807, 2.05) is 42.6 Å². The van der Waals surface area contributed by atoms with Gasteiger partial charge in [-0.1, -0.05) is 68.4 Å². The van der Waals surface area contributed by atoms with Crippen molar-refractivity contribution in [2.45, 2.75) is 32.6 Å². The van der Waals surface area contributed by atoms with Gasteiger partial charge in [0.2, 0.25) is 5.91 Å². The Hall–Kier alpha value is -2.46. The summed E-state index contributed by atoms with van der Waals surface area (Å²) in [5.74, 6) is -0.159. The number of aromatic nitrogens is 1. The molecule has 0 fully saturated rings. The lowest BCUT2D eigenvalue weighted by Crippen LogP contribution is -2.20. The molecule has 1 atom stereocenters. The molecule has 128 valence electrons. The second-order valence-electron chi connectivity index (χ2n) is 5.95. The van der Waals surface area contributed by atoms with Crippen molar-refractivity contribution in [2.75, 3.05) is 5.32 Å². The molecule has 1 aromatic heterocycles. The highest BCUT2D eigenvalue weighted by molar-refractivity contribution is 7.14. The molecule has 3 nitrogen and oxygen atoms in total. The maximum Gasteiger partial charge on any atom is 0.233 e. The lowest BCUT2D eigenvalue weighted by Gasteiger charge is -2.14. The summed E-state index contributed by atoms with van der Waals surface area (Å²) in [5.41, 5.74) is 4.32. The highest BCUT2D eigenvalue weighted by atomic mass is 32.1. The van der Waals surface area contributed by atoms with Crippen molar-refractivity contribution in [3.63, 3.8) is 0 Å². The number of hydrogen-bond donors (Lipinski definition) is 1. The van der Waals surface area contributed by atoms with Crippen LogP contribution in [0.3, 0.4) is 0 Å². The number of nitrogens with zero attached hydrogens (tertiary/aromatic N) is 1. The lowest BCUT2D eigenvalue weighted by atomic mass is 9.96. The molecule has 0 unspecified atom stereocenters. The molecule has 0 bridgehead atoms. The van der Waals surface area contributed by atoms with Crippen molar-refractivity contribution in [3.8, 4) is 11.3 Å². The zero-order chi connectivity index (χ0) is 17.6. The van der Waals surface area contributed by atoms with Crippen LogP contribution in [0, 0.1) is 0 Å². The van der Waals surface area contributed by atoms with Gasteiger partial charge in [-0.15, -0.1) is 11.3 Å². The van der Waals surface area contributed by atoms with E-state index in [0.29, 0.717) is 5.13 Å². The summed E-state index contributed by atoms with van der Waals surface area (Å²) in [6.45, 7) is 4.17. The maximum atomic E-state index is 12.6. The van der Waals surface area contributed by atoms with Gasteiger partial charge in [0.05, 0.1) is 11.6 Å². The highest BCUT2D eigenvalue weighted by Gasteiger charge is 2.19. The van der Waals surface area contributed by atoms with Crippen LogP contribution in [0.25, 0.3) is 11.3 Å². The third-order valence-corrected chi connectivity index (χ3v) is 5.08. The summed E-state index contributed by atoms with van der Waals surface area (Å²) in [6, 6.07) is 18.3. The SMILES string of the molecule is CCc1ccc(-c2csc(NC(=O)[C@H](CC)c3ccccc3)n2)cc1. The topological polar surface area (TPSA) is 42.0 Å². The van der Waals surface area contributed by atoms with E-state index in [1.54, 1.807) is 0 Å². The molecule has 4 heteroatoms. The van der Waals surface area contributed by atoms with Crippen molar-refractivity contribution in [3.05, 3.63) is 71.1 Å². The molecule has 1 amide bonds. The minimum Gasteiger partial charge on any atom is -0.301 e. The summed E-state index contributed by atoms with van der Waals surface area (Å²) in [7, 11) is 0. The average Bonchev–Trinajstić information content (AvgIpc) is 3.12. The van der Waals surface area contributed by atoms with Crippen LogP contribution in [0.15, 0.2) is 60.0 Å². The summed E-state index contributed by atoms with van der Waals surface area (Å²) in [5, 5.41) is 5.61. The van der Waals surface area contributed by atoms with Crippen molar-refractivity contribution >= 4 is 22.4 Å². The van der Waals surface area contributed by atoms with Gasteiger partial charge in [0.1, 0.15) is 0 Å². The monoisotopic (exact) mass is 350 g/mol. The lowest BCUT2D eigenvalue weighted by molar-refractivity contribution is -0.117. The van der Waals surface area contributed by atoms with E-state index in [0.717, 1.165) is 29.7 Å². The van der Waals surface area contributed by atoms with E-state index in [4.69, 9.17) is 0 Å². The number of rotatable bonds is 6. The first kappa shape index (κ1) is 17.4. The fourth-order valence-electron chi connectivity index (χ4n) is 2.83. The Kier molecular flexibility index (Phi) is 5.61. The normalized spacial score (nSPS) is 11.9. The van der Waals surface area contributed by atoms with E-state index in [-0.39, 0.29) is 11.8 Å². The molecule has 1 heterocycles. The molecule has 25 heavy (non-hydrogen) atoms. The first-order valence-corrected chi connectivity index (χ1v) is 9.49. The summed E-state index contributed by atoms with van der Waals surface area (Å²) >= 11 is 1.46. The maximum absolute atomic E-state index is 12.6. The third-order valence-electron chi connectivity index (χ3n) is 4.32. The van der Waals surface area contributed by atoms with Gasteiger partial charge >= 0.3 is 0 Å². The van der Waals surface area contributed by atoms with Crippen LogP contribution in [-0.2, 0) is 11.2 Å². The Bertz CT molecular complexity index is 825. The Morgan fingerprint density at radius 3 is 2.44 bits per heavy atom. The summed E-state index contributed by atoms with van der Waals surface area (Å²) in [4.78, 5) is 17.2. The van der Waals surface area contributed by atoms with Crippen molar-refractivity contribution in [1.82, 2.24) is 4.98 Å². The van der Waals surface area contributed by atoms with Crippen LogP contribution in [0.1, 0.15) is 37.3 Å². The fourth-order valence-corrected chi connectivity index (χ4v) is 3.55. The number of thiazole rings is 1. The van der Waals surface area contributed by atoms with Gasteiger partial charge < -0.3 is 5.32 Å². The van der Waals surface area contributed by atoms with Gasteiger partial charge in [-0.05, 0) is 24.0 Å². The van der Waals surface area contributed by atoms with Gasteiger partial charge in [-0.25, -0.2) is 4.98 Å². The molecular weight excluding hydrogens is 328 g/mol. The first-order chi connectivity index (χ1) is 12.2. The smallest absolute Gasteiger partial charge is 0.233 e. The quantitative estimate of drug-likeness (QED) is 0.637. The summed E-state index contributed by atoms with van der Waals surface area (Å²) in [6.07, 6.45) is 1.78. The minimum absolute atomic E-state index is 0.00377. The van der Waals surface area contributed by atoms with E-state index in [2.05, 4.69) is 41.5 Å². The Morgan fingerprint density at radius 1 is 1.08 bits per heavy atom. The first-order valence-electron chi connectivity index (χ1n) is 8.62. The zero-order valence-corrected chi connectivity index (χ0v) is 15.3. The predicted molar refractivity (Wildman–Crippen MR) is 105 cm³/mol. The number of nitrogens with one attached hydrogen (secondary N) is 1. The van der Waals surface area contributed by atoms with Gasteiger partial charge in [0.15, 0.2) is 5.13 Å². The predicted octanol–water partition coefficient (Wildman–Crippen LogP) is 5.50. The van der Waals surface area contributed by atoms with E-state index in [9.17, 15) is 4.79 Å². The third kappa shape index (κ3) is 4.15. The van der Waals surface area contributed by atoms with Gasteiger partial charge in [-0.2, -0.15) is 0 Å². The number of amides is 1. The number of carbonyl (C=O) groups is 1. The Labute approximate surface area is 152 Å². The second kappa shape index (κ2) is 8.08. The molecule has 2 aromatic carbocycles. The van der Waals surface area contributed by atoms with Crippen LogP contribution in [-0.4, -0.2) is 10.9 Å². The molecular formula is C21H22N2OS. The molecule has 0 aliphatic rings. The molecule has 0 saturated carbocycles. The molecule has 1 N–H and O–H groups in total. The van der Waals surface area contributed by atoms with Crippen LogP contribution in [0.5, 0.6) is 0 Å². The zero-order valence-electron chi connectivity index (χ0n) is 14.5. The van der Waals surface area contributed by atoms with Gasteiger partial charge in [0.25, 0.3) is 0 Å². The molecule has 0 spiro atoms. The molecule has 0 saturated heterocycles.